The Morgan fingerprint density at radius 3 is 2.19 bits per heavy atom. The van der Waals surface area contributed by atoms with Crippen LogP contribution in [0.2, 0.25) is 5.02 Å². The van der Waals surface area contributed by atoms with Crippen LogP contribution in [-0.2, 0) is 4.79 Å². The van der Waals surface area contributed by atoms with Crippen LogP contribution in [0.1, 0.15) is 22.3 Å². The van der Waals surface area contributed by atoms with E-state index in [1.54, 1.807) is 4.80 Å². The summed E-state index contributed by atoms with van der Waals surface area (Å²) in [6.45, 7) is 7.67. The zero-order valence-electron chi connectivity index (χ0n) is 17.9. The summed E-state index contributed by atoms with van der Waals surface area (Å²) < 4.78 is 5.65. The van der Waals surface area contributed by atoms with Crippen LogP contribution in [-0.4, -0.2) is 27.5 Å². The number of hydrogen-bond donors (Lipinski definition) is 1. The van der Waals surface area contributed by atoms with E-state index in [1.165, 1.54) is 5.56 Å². The number of nitrogens with one attached hydrogen (secondary N) is 1. The van der Waals surface area contributed by atoms with Crippen molar-refractivity contribution >= 4 is 34.2 Å². The van der Waals surface area contributed by atoms with Crippen LogP contribution >= 0.6 is 11.6 Å². The first kappa shape index (κ1) is 20.9. The van der Waals surface area contributed by atoms with Crippen LogP contribution in [0, 0.1) is 27.7 Å². The number of carbonyl (C=O) groups is 1. The number of anilines is 1. The van der Waals surface area contributed by atoms with Gasteiger partial charge in [0, 0.05) is 10.7 Å². The summed E-state index contributed by atoms with van der Waals surface area (Å²) in [4.78, 5) is 14.1. The molecule has 0 radical (unpaired) electrons. The lowest BCUT2D eigenvalue weighted by molar-refractivity contribution is -0.118. The first-order valence-electron chi connectivity index (χ1n) is 9.94. The van der Waals surface area contributed by atoms with E-state index in [0.29, 0.717) is 22.0 Å². The maximum Gasteiger partial charge on any atom is 0.262 e. The lowest BCUT2D eigenvalue weighted by atomic mass is 10.1. The van der Waals surface area contributed by atoms with E-state index < -0.39 is 0 Å². The molecule has 1 heterocycles. The van der Waals surface area contributed by atoms with Crippen molar-refractivity contribution in [3.8, 4) is 11.4 Å². The number of amides is 1. The minimum absolute atomic E-state index is 0.103. The Morgan fingerprint density at radius 2 is 1.55 bits per heavy atom. The highest BCUT2D eigenvalue weighted by Gasteiger charge is 2.12. The summed E-state index contributed by atoms with van der Waals surface area (Å²) in [5, 5.41) is 12.7. The summed E-state index contributed by atoms with van der Waals surface area (Å²) >= 11 is 6.18. The number of ether oxygens (including phenoxy) is 1. The van der Waals surface area contributed by atoms with Gasteiger partial charge in [-0.2, -0.15) is 4.80 Å². The molecule has 4 aromatic rings. The van der Waals surface area contributed by atoms with Gasteiger partial charge in [0.05, 0.1) is 5.69 Å². The van der Waals surface area contributed by atoms with E-state index >= 15 is 0 Å². The van der Waals surface area contributed by atoms with Gasteiger partial charge in [0.25, 0.3) is 5.91 Å². The summed E-state index contributed by atoms with van der Waals surface area (Å²) in [7, 11) is 0. The van der Waals surface area contributed by atoms with E-state index in [2.05, 4.69) is 15.5 Å². The molecule has 0 fully saturated rings. The minimum Gasteiger partial charge on any atom is -0.484 e. The molecule has 3 aromatic carbocycles. The molecule has 31 heavy (non-hydrogen) atoms. The number of nitrogens with zero attached hydrogens (tertiary/aromatic N) is 3. The van der Waals surface area contributed by atoms with E-state index in [9.17, 15) is 4.79 Å². The molecule has 1 N–H and O–H groups in total. The molecular formula is C24H23ClN4O2. The second-order valence-electron chi connectivity index (χ2n) is 7.69. The van der Waals surface area contributed by atoms with Gasteiger partial charge in [-0.25, -0.2) is 0 Å². The number of aromatic nitrogens is 3. The van der Waals surface area contributed by atoms with Crippen LogP contribution < -0.4 is 10.1 Å². The van der Waals surface area contributed by atoms with Gasteiger partial charge in [-0.15, -0.1) is 10.2 Å². The van der Waals surface area contributed by atoms with Crippen molar-refractivity contribution in [2.24, 2.45) is 0 Å². The van der Waals surface area contributed by atoms with Crippen LogP contribution in [0.4, 0.5) is 5.69 Å². The SMILES string of the molecule is Cc1ccc(-n2nc3cc(C)c(NC(=O)COc4cc(C)c(Cl)c(C)c4)cc3n2)cc1. The third kappa shape index (κ3) is 4.54. The summed E-state index contributed by atoms with van der Waals surface area (Å²) in [6, 6.07) is 15.4. The maximum atomic E-state index is 12.5. The topological polar surface area (TPSA) is 69.0 Å². The molecule has 0 spiro atoms. The van der Waals surface area contributed by atoms with Gasteiger partial charge >= 0.3 is 0 Å². The molecule has 158 valence electrons. The van der Waals surface area contributed by atoms with Crippen molar-refractivity contribution in [3.05, 3.63) is 75.8 Å². The average Bonchev–Trinajstić information content (AvgIpc) is 3.13. The molecule has 0 unspecified atom stereocenters. The van der Waals surface area contributed by atoms with Crippen LogP contribution in [0.25, 0.3) is 16.7 Å². The number of aryl methyl sites for hydroxylation is 4. The minimum atomic E-state index is -0.251. The van der Waals surface area contributed by atoms with Gasteiger partial charge in [0.2, 0.25) is 0 Å². The fourth-order valence-electron chi connectivity index (χ4n) is 3.32. The number of halogens is 1. The largest absolute Gasteiger partial charge is 0.484 e. The zero-order valence-corrected chi connectivity index (χ0v) is 18.6. The fourth-order valence-corrected chi connectivity index (χ4v) is 3.43. The second-order valence-corrected chi connectivity index (χ2v) is 8.07. The third-order valence-corrected chi connectivity index (χ3v) is 5.64. The van der Waals surface area contributed by atoms with Crippen molar-refractivity contribution in [2.75, 3.05) is 11.9 Å². The van der Waals surface area contributed by atoms with Crippen molar-refractivity contribution in [1.82, 2.24) is 15.0 Å². The van der Waals surface area contributed by atoms with Gasteiger partial charge in [-0.1, -0.05) is 29.3 Å². The quantitative estimate of drug-likeness (QED) is 0.461. The molecule has 0 aliphatic heterocycles. The number of rotatable bonds is 5. The van der Waals surface area contributed by atoms with Crippen molar-refractivity contribution in [1.29, 1.82) is 0 Å². The monoisotopic (exact) mass is 434 g/mol. The molecule has 0 atom stereocenters. The van der Waals surface area contributed by atoms with Crippen molar-refractivity contribution in [3.63, 3.8) is 0 Å². The second kappa shape index (κ2) is 8.40. The highest BCUT2D eigenvalue weighted by Crippen LogP contribution is 2.26. The normalized spacial score (nSPS) is 11.0. The Bertz CT molecular complexity index is 1260. The predicted octanol–water partition coefficient (Wildman–Crippen LogP) is 5.33. The van der Waals surface area contributed by atoms with Gasteiger partial charge in [-0.05, 0) is 80.8 Å². The molecule has 0 bridgehead atoms. The van der Waals surface area contributed by atoms with E-state index in [1.807, 2.05) is 76.2 Å². The lowest BCUT2D eigenvalue weighted by Crippen LogP contribution is -2.20. The Kier molecular flexibility index (Phi) is 5.65. The molecule has 0 saturated carbocycles. The molecule has 1 aromatic heterocycles. The first-order valence-corrected chi connectivity index (χ1v) is 10.3. The van der Waals surface area contributed by atoms with Crippen LogP contribution in [0.5, 0.6) is 5.75 Å². The maximum absolute atomic E-state index is 12.5. The van der Waals surface area contributed by atoms with E-state index in [0.717, 1.165) is 27.9 Å². The smallest absolute Gasteiger partial charge is 0.262 e. The average molecular weight is 435 g/mol. The summed E-state index contributed by atoms with van der Waals surface area (Å²) in [5.74, 6) is 0.362. The highest BCUT2D eigenvalue weighted by atomic mass is 35.5. The molecule has 0 saturated heterocycles. The Hall–Kier alpha value is -3.38. The van der Waals surface area contributed by atoms with E-state index in [-0.39, 0.29) is 12.5 Å². The molecule has 6 nitrogen and oxygen atoms in total. The Balaban J connectivity index is 1.49. The summed E-state index contributed by atoms with van der Waals surface area (Å²) in [6.07, 6.45) is 0. The van der Waals surface area contributed by atoms with Crippen LogP contribution in [0.3, 0.4) is 0 Å². The number of fused-ring (bicyclic) bond motifs is 1. The molecular weight excluding hydrogens is 412 g/mol. The van der Waals surface area contributed by atoms with Gasteiger partial charge in [0.15, 0.2) is 6.61 Å². The van der Waals surface area contributed by atoms with Crippen molar-refractivity contribution < 1.29 is 9.53 Å². The molecule has 4 rings (SSSR count). The molecule has 0 aliphatic rings. The lowest BCUT2D eigenvalue weighted by Gasteiger charge is -2.11. The molecule has 7 heteroatoms. The highest BCUT2D eigenvalue weighted by molar-refractivity contribution is 6.32. The standard InChI is InChI=1S/C24H23ClN4O2/c1-14-5-7-18(8-6-14)29-27-21-11-15(2)20(12-22(21)28-29)26-23(30)13-31-19-9-16(3)24(25)17(4)10-19/h5-12H,13H2,1-4H3,(H,26,30). The van der Waals surface area contributed by atoms with Gasteiger partial charge in [0.1, 0.15) is 16.8 Å². The summed E-state index contributed by atoms with van der Waals surface area (Å²) in [5.41, 5.74) is 6.92. The first-order chi connectivity index (χ1) is 14.8. The van der Waals surface area contributed by atoms with Crippen LogP contribution in [0.15, 0.2) is 48.5 Å². The number of benzene rings is 3. The predicted molar refractivity (Wildman–Crippen MR) is 123 cm³/mol. The molecule has 0 aliphatic carbocycles. The number of carbonyl (C=O) groups excluding carboxylic acids is 1. The molecule has 1 amide bonds. The van der Waals surface area contributed by atoms with E-state index in [4.69, 9.17) is 16.3 Å². The number of hydrogen-bond acceptors (Lipinski definition) is 4. The Morgan fingerprint density at radius 1 is 0.935 bits per heavy atom. The fraction of sp³-hybridized carbons (Fsp3) is 0.208. The van der Waals surface area contributed by atoms with Gasteiger partial charge in [-0.3, -0.25) is 4.79 Å². The van der Waals surface area contributed by atoms with Crippen molar-refractivity contribution in [2.45, 2.75) is 27.7 Å². The Labute approximate surface area is 185 Å². The third-order valence-electron chi connectivity index (χ3n) is 5.05. The van der Waals surface area contributed by atoms with Gasteiger partial charge < -0.3 is 10.1 Å². The zero-order chi connectivity index (χ0) is 22.1.